The van der Waals surface area contributed by atoms with Crippen molar-refractivity contribution in [2.24, 2.45) is 0 Å². The molecule has 1 rings (SSSR count). The summed E-state index contributed by atoms with van der Waals surface area (Å²) in [5.41, 5.74) is 0. The molecule has 0 N–H and O–H groups in total. The minimum absolute atomic E-state index is 0.0144. The molecule has 1 heterocycles. The van der Waals surface area contributed by atoms with Crippen molar-refractivity contribution in [1.29, 1.82) is 10.5 Å². The number of morpholine rings is 1. The summed E-state index contributed by atoms with van der Waals surface area (Å²) >= 11 is 0. The Hall–Kier alpha value is -1.15. The zero-order chi connectivity index (χ0) is 10.6. The van der Waals surface area contributed by atoms with E-state index in [9.17, 15) is 8.42 Å². The smallest absolute Gasteiger partial charge is 0.227 e. The predicted octanol–water partition coefficient (Wildman–Crippen LogP) is -0.936. The van der Waals surface area contributed by atoms with Crippen LogP contribution in [0.4, 0.5) is 0 Å². The Bertz CT molecular complexity index is 378. The van der Waals surface area contributed by atoms with Crippen LogP contribution < -0.4 is 0 Å². The molecule has 1 fully saturated rings. The average Bonchev–Trinajstić information content (AvgIpc) is 2.18. The van der Waals surface area contributed by atoms with E-state index in [4.69, 9.17) is 15.3 Å². The zero-order valence-electron chi connectivity index (χ0n) is 7.38. The van der Waals surface area contributed by atoms with Crippen LogP contribution in [0.3, 0.4) is 0 Å². The van der Waals surface area contributed by atoms with Crippen LogP contribution in [-0.2, 0) is 14.8 Å². The first-order valence-corrected chi connectivity index (χ1v) is 5.57. The first kappa shape index (κ1) is 10.9. The third-order valence-corrected chi connectivity index (χ3v) is 3.43. The summed E-state index contributed by atoms with van der Waals surface area (Å²) < 4.78 is 28.9. The Morgan fingerprint density at radius 1 is 1.50 bits per heavy atom. The molecule has 0 spiro atoms. The second kappa shape index (κ2) is 4.38. The fraction of sp³-hybridized carbons (Fsp3) is 0.714. The van der Waals surface area contributed by atoms with E-state index in [-0.39, 0.29) is 19.7 Å². The van der Waals surface area contributed by atoms with Gasteiger partial charge in [-0.3, -0.25) is 0 Å². The van der Waals surface area contributed by atoms with E-state index < -0.39 is 21.9 Å². The van der Waals surface area contributed by atoms with Gasteiger partial charge >= 0.3 is 0 Å². The maximum absolute atomic E-state index is 11.4. The highest BCUT2D eigenvalue weighted by atomic mass is 32.2. The van der Waals surface area contributed by atoms with Crippen LogP contribution in [0, 0.1) is 22.7 Å². The van der Waals surface area contributed by atoms with Crippen LogP contribution in [0.5, 0.6) is 0 Å². The van der Waals surface area contributed by atoms with Gasteiger partial charge in [-0.05, 0) is 0 Å². The van der Waals surface area contributed by atoms with Gasteiger partial charge in [0.1, 0.15) is 0 Å². The molecule has 1 unspecified atom stereocenters. The SMILES string of the molecule is N#CCS(=O)(=O)N1CCOC(C#N)C1. The Balaban J connectivity index is 2.71. The molecule has 1 aliphatic heterocycles. The topological polar surface area (TPSA) is 94.2 Å². The summed E-state index contributed by atoms with van der Waals surface area (Å²) in [6, 6.07) is 3.42. The van der Waals surface area contributed by atoms with Crippen molar-refractivity contribution in [2.45, 2.75) is 6.10 Å². The summed E-state index contributed by atoms with van der Waals surface area (Å²) in [5, 5.41) is 16.8. The van der Waals surface area contributed by atoms with Crippen molar-refractivity contribution < 1.29 is 13.2 Å². The third kappa shape index (κ3) is 2.42. The fourth-order valence-corrected chi connectivity index (χ4v) is 2.19. The number of hydrogen-bond acceptors (Lipinski definition) is 5. The monoisotopic (exact) mass is 215 g/mol. The average molecular weight is 215 g/mol. The highest BCUT2D eigenvalue weighted by Gasteiger charge is 2.28. The predicted molar refractivity (Wildman–Crippen MR) is 46.3 cm³/mol. The number of ether oxygens (including phenoxy) is 1. The van der Waals surface area contributed by atoms with E-state index in [0.717, 1.165) is 4.31 Å². The molecule has 0 saturated carbocycles. The summed E-state index contributed by atoms with van der Waals surface area (Å²) in [6.07, 6.45) is -0.725. The largest absolute Gasteiger partial charge is 0.361 e. The number of nitrogens with zero attached hydrogens (tertiary/aromatic N) is 3. The van der Waals surface area contributed by atoms with Gasteiger partial charge in [0.15, 0.2) is 11.9 Å². The van der Waals surface area contributed by atoms with Gasteiger partial charge in [-0.25, -0.2) is 8.42 Å². The Morgan fingerprint density at radius 2 is 2.21 bits per heavy atom. The number of hydrogen-bond donors (Lipinski definition) is 0. The molecule has 76 valence electrons. The molecule has 7 heteroatoms. The molecule has 0 aliphatic carbocycles. The van der Waals surface area contributed by atoms with Gasteiger partial charge in [0.2, 0.25) is 10.0 Å². The summed E-state index contributed by atoms with van der Waals surface area (Å²) in [6.45, 7) is 0.422. The van der Waals surface area contributed by atoms with Gasteiger partial charge in [-0.2, -0.15) is 14.8 Å². The van der Waals surface area contributed by atoms with Crippen molar-refractivity contribution in [3.05, 3.63) is 0 Å². The van der Waals surface area contributed by atoms with Gasteiger partial charge in [0.25, 0.3) is 0 Å². The van der Waals surface area contributed by atoms with Crippen molar-refractivity contribution >= 4 is 10.0 Å². The lowest BCUT2D eigenvalue weighted by atomic mass is 10.3. The first-order chi connectivity index (χ1) is 6.60. The lowest BCUT2D eigenvalue weighted by molar-refractivity contribution is 0.0313. The molecule has 0 aromatic carbocycles. The molecule has 0 aromatic rings. The molecule has 0 aromatic heterocycles. The lowest BCUT2D eigenvalue weighted by Gasteiger charge is -2.27. The number of rotatable bonds is 2. The molecule has 6 nitrogen and oxygen atoms in total. The Kier molecular flexibility index (Phi) is 3.42. The van der Waals surface area contributed by atoms with Crippen molar-refractivity contribution in [1.82, 2.24) is 4.31 Å². The van der Waals surface area contributed by atoms with Crippen LogP contribution in [-0.4, -0.2) is 44.3 Å². The standard InChI is InChI=1S/C7H9N3O3S/c8-1-4-14(11,12)10-2-3-13-7(5-9)6-10/h7H,2-4,6H2. The quantitative estimate of drug-likeness (QED) is 0.592. The lowest BCUT2D eigenvalue weighted by Crippen LogP contribution is -2.45. The van der Waals surface area contributed by atoms with Crippen LogP contribution in [0.2, 0.25) is 0 Å². The van der Waals surface area contributed by atoms with E-state index >= 15 is 0 Å². The van der Waals surface area contributed by atoms with Crippen molar-refractivity contribution in [2.75, 3.05) is 25.4 Å². The molecule has 14 heavy (non-hydrogen) atoms. The van der Waals surface area contributed by atoms with Gasteiger partial charge < -0.3 is 4.74 Å². The van der Waals surface area contributed by atoms with Crippen molar-refractivity contribution in [3.8, 4) is 12.1 Å². The molecule has 0 radical (unpaired) electrons. The van der Waals surface area contributed by atoms with Gasteiger partial charge in [0.05, 0.1) is 25.3 Å². The molecule has 1 saturated heterocycles. The van der Waals surface area contributed by atoms with Crippen LogP contribution in [0.15, 0.2) is 0 Å². The van der Waals surface area contributed by atoms with E-state index in [0.29, 0.717) is 0 Å². The molecular weight excluding hydrogens is 206 g/mol. The van der Waals surface area contributed by atoms with Crippen LogP contribution in [0.25, 0.3) is 0 Å². The minimum atomic E-state index is -3.54. The normalized spacial score (nSPS) is 23.7. The number of sulfonamides is 1. The zero-order valence-corrected chi connectivity index (χ0v) is 8.20. The van der Waals surface area contributed by atoms with Crippen LogP contribution in [0.1, 0.15) is 0 Å². The summed E-state index contributed by atoms with van der Waals surface area (Å²) in [7, 11) is -3.54. The van der Waals surface area contributed by atoms with Gasteiger partial charge in [-0.1, -0.05) is 0 Å². The maximum atomic E-state index is 11.4. The molecule has 1 aliphatic rings. The minimum Gasteiger partial charge on any atom is -0.361 e. The van der Waals surface area contributed by atoms with E-state index in [1.807, 2.05) is 6.07 Å². The molecular formula is C7H9N3O3S. The third-order valence-electron chi connectivity index (χ3n) is 1.81. The number of nitriles is 2. The first-order valence-electron chi connectivity index (χ1n) is 3.96. The summed E-state index contributed by atoms with van der Waals surface area (Å²) in [4.78, 5) is 0. The summed E-state index contributed by atoms with van der Waals surface area (Å²) in [5.74, 6) is -0.550. The van der Waals surface area contributed by atoms with Gasteiger partial charge in [-0.15, -0.1) is 0 Å². The second-order valence-electron chi connectivity index (χ2n) is 2.76. The van der Waals surface area contributed by atoms with Crippen molar-refractivity contribution in [3.63, 3.8) is 0 Å². The Labute approximate surface area is 82.3 Å². The molecule has 0 amide bonds. The second-order valence-corrected chi connectivity index (χ2v) is 4.73. The molecule has 1 atom stereocenters. The molecule has 0 bridgehead atoms. The Morgan fingerprint density at radius 3 is 2.79 bits per heavy atom. The van der Waals surface area contributed by atoms with Crippen LogP contribution >= 0.6 is 0 Å². The fourth-order valence-electron chi connectivity index (χ4n) is 1.13. The van der Waals surface area contributed by atoms with Gasteiger partial charge in [0, 0.05) is 6.54 Å². The van der Waals surface area contributed by atoms with E-state index in [1.165, 1.54) is 0 Å². The van der Waals surface area contributed by atoms with E-state index in [2.05, 4.69) is 0 Å². The maximum Gasteiger partial charge on any atom is 0.227 e. The highest BCUT2D eigenvalue weighted by molar-refractivity contribution is 7.89. The highest BCUT2D eigenvalue weighted by Crippen LogP contribution is 2.09. The van der Waals surface area contributed by atoms with E-state index in [1.54, 1.807) is 6.07 Å².